The van der Waals surface area contributed by atoms with E-state index in [9.17, 15) is 25.8 Å². The number of esters is 1. The maximum Gasteiger partial charge on any atom is 0.410 e. The number of aliphatic hydroxyl groups excluding tert-OH is 1. The summed E-state index contributed by atoms with van der Waals surface area (Å²) in [6, 6.07) is 15.1. The van der Waals surface area contributed by atoms with Crippen molar-refractivity contribution in [1.82, 2.24) is 4.90 Å². The lowest BCUT2D eigenvalue weighted by Gasteiger charge is -2.45. The van der Waals surface area contributed by atoms with Crippen LogP contribution in [0.5, 0.6) is 0 Å². The van der Waals surface area contributed by atoms with Crippen molar-refractivity contribution in [2.45, 2.75) is 101 Å². The highest BCUT2D eigenvalue weighted by Crippen LogP contribution is 2.35. The zero-order valence-electron chi connectivity index (χ0n) is 25.9. The Hall–Kier alpha value is -5.01. The molecule has 17 nitrogen and oxygen atoms in total. The van der Waals surface area contributed by atoms with Gasteiger partial charge in [0.05, 0.1) is 36.4 Å². The first kappa shape index (κ1) is 34.9. The third-order valence-electron chi connectivity index (χ3n) is 8.14. The maximum atomic E-state index is 13.5. The van der Waals surface area contributed by atoms with Crippen LogP contribution in [-0.4, -0.2) is 76.9 Å². The monoisotopic (exact) mass is 648 g/mol. The molecule has 4 rings (SSSR count). The van der Waals surface area contributed by atoms with Gasteiger partial charge in [-0.1, -0.05) is 76.0 Å². The van der Waals surface area contributed by atoms with Crippen LogP contribution in [0.1, 0.15) is 44.2 Å². The van der Waals surface area contributed by atoms with Gasteiger partial charge in [0.2, 0.25) is 0 Å². The Kier molecular flexibility index (Phi) is 12.7. The van der Waals surface area contributed by atoms with Gasteiger partial charge in [0, 0.05) is 28.2 Å². The molecule has 2 aromatic rings. The Morgan fingerprint density at radius 1 is 0.915 bits per heavy atom. The van der Waals surface area contributed by atoms with Crippen molar-refractivity contribution in [1.29, 1.82) is 0 Å². The smallest absolute Gasteiger partial charge is 0.410 e. The van der Waals surface area contributed by atoms with E-state index < -0.39 is 66.9 Å². The predicted octanol–water partition coefficient (Wildman–Crippen LogP) is 5.84. The summed E-state index contributed by atoms with van der Waals surface area (Å²) >= 11 is 0. The Labute approximate surface area is 270 Å². The molecule has 1 saturated carbocycles. The Morgan fingerprint density at radius 2 is 1.49 bits per heavy atom. The number of carbonyl (C=O) groups is 2. The topological polar surface area (TPSA) is 241 Å². The molecule has 1 amide bonds. The number of azide groups is 3. The van der Waals surface area contributed by atoms with Crippen LogP contribution >= 0.6 is 0 Å². The largest absolute Gasteiger partial charge is 0.459 e. The molecule has 1 heterocycles. The fourth-order valence-corrected chi connectivity index (χ4v) is 5.80. The number of ether oxygens (including phenoxy) is 4. The first-order chi connectivity index (χ1) is 22.7. The standard InChI is InChI=1S/C30H36N10O7/c1-18(40(16-20-9-5-3-6-10-20)30(43)44-17-21-11-7-4-8-12-21)25-14-13-22(34-37-31)29(46-25)47-28-24(36-39-33)15-23(35-38-32)27(26(28)42)45-19(2)41/h3-12,18,22-29,42H,13-17H2,1-2H3. The van der Waals surface area contributed by atoms with Crippen LogP contribution < -0.4 is 0 Å². The average Bonchev–Trinajstić information content (AvgIpc) is 3.07. The Morgan fingerprint density at radius 3 is 2.09 bits per heavy atom. The van der Waals surface area contributed by atoms with Gasteiger partial charge >= 0.3 is 12.1 Å². The van der Waals surface area contributed by atoms with Gasteiger partial charge in [-0.15, -0.1) is 0 Å². The molecule has 9 atom stereocenters. The number of amides is 1. The molecular weight excluding hydrogens is 612 g/mol. The number of carbonyl (C=O) groups excluding carboxylic acids is 2. The predicted molar refractivity (Wildman–Crippen MR) is 166 cm³/mol. The molecule has 47 heavy (non-hydrogen) atoms. The lowest BCUT2D eigenvalue weighted by atomic mass is 9.84. The minimum Gasteiger partial charge on any atom is -0.459 e. The van der Waals surface area contributed by atoms with Crippen molar-refractivity contribution < 1.29 is 33.6 Å². The highest BCUT2D eigenvalue weighted by molar-refractivity contribution is 5.68. The Bertz CT molecular complexity index is 1500. The minimum atomic E-state index is -1.60. The van der Waals surface area contributed by atoms with E-state index in [1.807, 2.05) is 67.6 Å². The summed E-state index contributed by atoms with van der Waals surface area (Å²) in [5.74, 6) is -0.736. The van der Waals surface area contributed by atoms with Crippen LogP contribution in [0.3, 0.4) is 0 Å². The lowest BCUT2D eigenvalue weighted by molar-refractivity contribution is -0.260. The van der Waals surface area contributed by atoms with E-state index in [0.717, 1.165) is 18.1 Å². The summed E-state index contributed by atoms with van der Waals surface area (Å²) in [6.45, 7) is 3.22. The molecule has 2 fully saturated rings. The molecule has 2 aromatic carbocycles. The van der Waals surface area contributed by atoms with Crippen molar-refractivity contribution >= 4 is 12.1 Å². The van der Waals surface area contributed by atoms with Crippen LogP contribution in [-0.2, 0) is 36.9 Å². The van der Waals surface area contributed by atoms with Crippen LogP contribution in [0, 0.1) is 0 Å². The van der Waals surface area contributed by atoms with E-state index in [1.165, 1.54) is 0 Å². The number of rotatable bonds is 12. The summed E-state index contributed by atoms with van der Waals surface area (Å²) in [5, 5.41) is 22.5. The number of hydrogen-bond acceptors (Lipinski definition) is 10. The Balaban J connectivity index is 1.58. The molecule has 1 saturated heterocycles. The highest BCUT2D eigenvalue weighted by Gasteiger charge is 2.49. The van der Waals surface area contributed by atoms with Gasteiger partial charge < -0.3 is 24.1 Å². The second-order valence-corrected chi connectivity index (χ2v) is 11.2. The minimum absolute atomic E-state index is 0.0641. The van der Waals surface area contributed by atoms with Crippen molar-refractivity contribution in [3.63, 3.8) is 0 Å². The van der Waals surface area contributed by atoms with Gasteiger partial charge in [0.15, 0.2) is 6.29 Å². The summed E-state index contributed by atoms with van der Waals surface area (Å²) < 4.78 is 23.5. The molecule has 0 radical (unpaired) electrons. The maximum absolute atomic E-state index is 13.5. The quantitative estimate of drug-likeness (QED) is 0.127. The highest BCUT2D eigenvalue weighted by atomic mass is 16.7. The molecule has 1 aliphatic heterocycles. The van der Waals surface area contributed by atoms with E-state index in [0.29, 0.717) is 12.8 Å². The SMILES string of the molecule is CC(=O)OC1C(N=[N+]=[N-])CC(N=[N+]=[N-])C(OC2OC(C(C)N(Cc3ccccc3)C(=O)OCc3ccccc3)CCC2N=[N+]=[N-])C1O. The molecule has 2 aliphatic rings. The number of aliphatic hydroxyl groups is 1. The summed E-state index contributed by atoms with van der Waals surface area (Å²) in [4.78, 5) is 35.4. The second-order valence-electron chi connectivity index (χ2n) is 11.2. The molecule has 1 N–H and O–H groups in total. The number of benzene rings is 2. The van der Waals surface area contributed by atoms with E-state index >= 15 is 0 Å². The fourth-order valence-electron chi connectivity index (χ4n) is 5.80. The van der Waals surface area contributed by atoms with Crippen molar-refractivity contribution in [3.05, 3.63) is 103 Å². The lowest BCUT2D eigenvalue weighted by Crippen LogP contribution is -2.59. The van der Waals surface area contributed by atoms with Gasteiger partial charge in [-0.25, -0.2) is 4.79 Å². The average molecular weight is 649 g/mol. The zero-order valence-corrected chi connectivity index (χ0v) is 25.9. The van der Waals surface area contributed by atoms with Crippen molar-refractivity contribution in [2.24, 2.45) is 15.3 Å². The van der Waals surface area contributed by atoms with E-state index in [-0.39, 0.29) is 19.6 Å². The molecule has 1 aliphatic carbocycles. The zero-order chi connectivity index (χ0) is 33.8. The van der Waals surface area contributed by atoms with Crippen LogP contribution in [0.2, 0.25) is 0 Å². The fraction of sp³-hybridized carbons (Fsp3) is 0.533. The molecule has 9 unspecified atom stereocenters. The van der Waals surface area contributed by atoms with Gasteiger partial charge in [0.1, 0.15) is 18.8 Å². The molecular formula is C30H36N10O7. The number of nitrogens with zero attached hydrogens (tertiary/aromatic N) is 10. The van der Waals surface area contributed by atoms with Crippen molar-refractivity contribution in [2.75, 3.05) is 0 Å². The first-order valence-electron chi connectivity index (χ1n) is 15.1. The van der Waals surface area contributed by atoms with Gasteiger partial charge in [0.25, 0.3) is 0 Å². The van der Waals surface area contributed by atoms with Crippen molar-refractivity contribution in [3.8, 4) is 0 Å². The van der Waals surface area contributed by atoms with E-state index in [4.69, 9.17) is 24.5 Å². The molecule has 0 bridgehead atoms. The van der Waals surface area contributed by atoms with Crippen LogP contribution in [0.25, 0.3) is 31.3 Å². The molecule has 248 valence electrons. The third-order valence-corrected chi connectivity index (χ3v) is 8.14. The molecule has 17 heteroatoms. The van der Waals surface area contributed by atoms with Gasteiger partial charge in [-0.05, 0) is 53.9 Å². The normalized spacial score (nSPS) is 27.5. The van der Waals surface area contributed by atoms with Crippen LogP contribution in [0.4, 0.5) is 4.79 Å². The number of hydrogen-bond donors (Lipinski definition) is 1. The van der Waals surface area contributed by atoms with Gasteiger partial charge in [-0.2, -0.15) is 0 Å². The van der Waals surface area contributed by atoms with E-state index in [2.05, 4.69) is 30.1 Å². The van der Waals surface area contributed by atoms with Gasteiger partial charge in [-0.3, -0.25) is 9.69 Å². The second kappa shape index (κ2) is 17.1. The molecule has 0 aromatic heterocycles. The van der Waals surface area contributed by atoms with Crippen LogP contribution in [0.15, 0.2) is 76.0 Å². The van der Waals surface area contributed by atoms with E-state index in [1.54, 1.807) is 4.90 Å². The first-order valence-corrected chi connectivity index (χ1v) is 15.1. The summed E-state index contributed by atoms with van der Waals surface area (Å²) in [6.07, 6.45) is -6.10. The molecule has 0 spiro atoms. The summed E-state index contributed by atoms with van der Waals surface area (Å²) in [5.41, 5.74) is 29.2. The summed E-state index contributed by atoms with van der Waals surface area (Å²) in [7, 11) is 0. The third kappa shape index (κ3) is 9.27.